The molecule has 2 aliphatic heterocycles. The molecule has 1 saturated heterocycles. The largest absolute Gasteiger partial charge is 0.369 e. The number of nitrogens with one attached hydrogen (secondary N) is 1. The normalized spacial score (nSPS) is 27.0. The number of carbonyl (C=O) groups is 2. The summed E-state index contributed by atoms with van der Waals surface area (Å²) in [6.45, 7) is 5.81. The molecule has 0 aromatic carbocycles. The topological polar surface area (TPSA) is 58.6 Å². The Hall–Kier alpha value is -1.66. The van der Waals surface area contributed by atoms with Crippen LogP contribution in [0.3, 0.4) is 0 Å². The fraction of sp³-hybridized carbons (Fsp3) is 0.619. The van der Waals surface area contributed by atoms with E-state index in [9.17, 15) is 9.59 Å². The lowest BCUT2D eigenvalue weighted by molar-refractivity contribution is -0.145. The number of amides is 2. The van der Waals surface area contributed by atoms with Gasteiger partial charge in [-0.15, -0.1) is 11.3 Å². The molecule has 27 heavy (non-hydrogen) atoms. The molecule has 1 aromatic rings. The van der Waals surface area contributed by atoms with Crippen molar-refractivity contribution in [2.75, 3.05) is 19.7 Å². The van der Waals surface area contributed by atoms with Crippen LogP contribution in [-0.2, 0) is 26.3 Å². The van der Waals surface area contributed by atoms with Crippen LogP contribution in [0.4, 0.5) is 0 Å². The zero-order valence-corrected chi connectivity index (χ0v) is 16.6. The van der Waals surface area contributed by atoms with Crippen molar-refractivity contribution in [2.24, 2.45) is 5.92 Å². The number of hydrogen-bond acceptors (Lipinski definition) is 4. The third kappa shape index (κ3) is 3.69. The van der Waals surface area contributed by atoms with E-state index in [4.69, 9.17) is 4.74 Å². The van der Waals surface area contributed by atoms with Crippen LogP contribution in [0.5, 0.6) is 0 Å². The summed E-state index contributed by atoms with van der Waals surface area (Å²) < 4.78 is 6.25. The Balaban J connectivity index is 1.37. The summed E-state index contributed by atoms with van der Waals surface area (Å²) in [5.41, 5.74) is 1.25. The molecule has 1 aliphatic carbocycles. The van der Waals surface area contributed by atoms with Crippen molar-refractivity contribution in [2.45, 2.75) is 56.6 Å². The molecule has 4 rings (SSSR count). The lowest BCUT2D eigenvalue weighted by Gasteiger charge is -2.44. The Labute approximate surface area is 164 Å². The molecule has 0 bridgehead atoms. The molecule has 2 fully saturated rings. The Morgan fingerprint density at radius 1 is 1.33 bits per heavy atom. The van der Waals surface area contributed by atoms with Crippen molar-refractivity contribution >= 4 is 23.2 Å². The third-order valence-corrected chi connectivity index (χ3v) is 7.49. The van der Waals surface area contributed by atoms with Gasteiger partial charge in [-0.1, -0.05) is 13.0 Å². The molecule has 3 aliphatic rings. The molecule has 3 heterocycles. The summed E-state index contributed by atoms with van der Waals surface area (Å²) in [5, 5.41) is 5.13. The Bertz CT molecular complexity index is 721. The van der Waals surface area contributed by atoms with Crippen LogP contribution in [0.1, 0.15) is 49.0 Å². The van der Waals surface area contributed by atoms with Crippen LogP contribution in [0.25, 0.3) is 0 Å². The highest BCUT2D eigenvalue weighted by atomic mass is 32.1. The monoisotopic (exact) mass is 388 g/mol. The summed E-state index contributed by atoms with van der Waals surface area (Å²) in [5.74, 6) is 0.131. The minimum atomic E-state index is -0.175. The number of rotatable bonds is 3. The maximum Gasteiger partial charge on any atom is 0.243 e. The number of likely N-dealkylation sites (tertiary alicyclic amines) is 1. The quantitative estimate of drug-likeness (QED) is 0.810. The van der Waals surface area contributed by atoms with Crippen molar-refractivity contribution in [3.63, 3.8) is 0 Å². The zero-order valence-electron chi connectivity index (χ0n) is 15.7. The second kappa shape index (κ2) is 7.76. The lowest BCUT2D eigenvalue weighted by Crippen LogP contribution is -2.50. The van der Waals surface area contributed by atoms with Crippen molar-refractivity contribution in [3.05, 3.63) is 34.5 Å². The van der Waals surface area contributed by atoms with Crippen molar-refractivity contribution in [1.29, 1.82) is 0 Å². The predicted octanol–water partition coefficient (Wildman–Crippen LogP) is 3.00. The van der Waals surface area contributed by atoms with E-state index in [2.05, 4.69) is 23.3 Å². The Morgan fingerprint density at radius 2 is 2.15 bits per heavy atom. The van der Waals surface area contributed by atoms with Crippen LogP contribution < -0.4 is 5.32 Å². The summed E-state index contributed by atoms with van der Waals surface area (Å²) in [4.78, 5) is 28.1. The van der Waals surface area contributed by atoms with Gasteiger partial charge >= 0.3 is 0 Å². The number of fused-ring (bicyclic) bond motifs is 2. The Morgan fingerprint density at radius 3 is 2.93 bits per heavy atom. The molecule has 0 radical (unpaired) electrons. The lowest BCUT2D eigenvalue weighted by atomic mass is 9.82. The van der Waals surface area contributed by atoms with Crippen LogP contribution in [0.15, 0.2) is 24.1 Å². The second-order valence-electron chi connectivity index (χ2n) is 7.97. The van der Waals surface area contributed by atoms with Crippen LogP contribution >= 0.6 is 11.3 Å². The molecule has 6 heteroatoms. The van der Waals surface area contributed by atoms with E-state index in [0.717, 1.165) is 64.6 Å². The van der Waals surface area contributed by atoms with E-state index < -0.39 is 0 Å². The van der Waals surface area contributed by atoms with Gasteiger partial charge in [0.1, 0.15) is 5.60 Å². The molecule has 1 spiro atoms. The number of piperidine rings is 1. The minimum absolute atomic E-state index is 0.0208. The van der Waals surface area contributed by atoms with Crippen LogP contribution in [0.2, 0.25) is 0 Å². The summed E-state index contributed by atoms with van der Waals surface area (Å²) in [7, 11) is 0. The maximum atomic E-state index is 13.1. The van der Waals surface area contributed by atoms with Gasteiger partial charge in [-0.05, 0) is 61.6 Å². The summed E-state index contributed by atoms with van der Waals surface area (Å²) in [6.07, 6.45) is 7.67. The number of ether oxygens (including phenoxy) is 1. The van der Waals surface area contributed by atoms with E-state index in [1.54, 1.807) is 11.3 Å². The van der Waals surface area contributed by atoms with Gasteiger partial charge in [0.05, 0.1) is 6.61 Å². The number of nitrogens with zero attached hydrogens (tertiary/aromatic N) is 1. The average molecular weight is 389 g/mol. The second-order valence-corrected chi connectivity index (χ2v) is 8.88. The summed E-state index contributed by atoms with van der Waals surface area (Å²) >= 11 is 1.80. The van der Waals surface area contributed by atoms with E-state index >= 15 is 0 Å². The van der Waals surface area contributed by atoms with E-state index in [1.807, 2.05) is 4.90 Å². The van der Waals surface area contributed by atoms with E-state index in [1.165, 1.54) is 16.5 Å². The molecule has 1 aromatic heterocycles. The maximum absolute atomic E-state index is 13.1. The van der Waals surface area contributed by atoms with Gasteiger partial charge in [0.25, 0.3) is 0 Å². The first kappa shape index (κ1) is 18.7. The molecule has 146 valence electrons. The summed E-state index contributed by atoms with van der Waals surface area (Å²) in [6, 6.07) is 2.31. The van der Waals surface area contributed by atoms with Gasteiger partial charge in [-0.25, -0.2) is 0 Å². The van der Waals surface area contributed by atoms with Gasteiger partial charge in [0, 0.05) is 29.9 Å². The smallest absolute Gasteiger partial charge is 0.243 e. The fourth-order valence-corrected chi connectivity index (χ4v) is 6.05. The van der Waals surface area contributed by atoms with Gasteiger partial charge < -0.3 is 15.0 Å². The highest BCUT2D eigenvalue weighted by Crippen LogP contribution is 2.44. The first-order valence-corrected chi connectivity index (χ1v) is 10.9. The highest BCUT2D eigenvalue weighted by Gasteiger charge is 2.43. The SMILES string of the molecule is C=CC(=O)N[C@H]1CCC[C@@H](C(=O)N2CCC3(CC2)OCCc2ccsc23)C1. The molecule has 2 amide bonds. The van der Waals surface area contributed by atoms with Gasteiger partial charge in [-0.3, -0.25) is 9.59 Å². The van der Waals surface area contributed by atoms with Crippen LogP contribution in [0, 0.1) is 5.92 Å². The number of hydrogen-bond donors (Lipinski definition) is 1. The van der Waals surface area contributed by atoms with Crippen molar-refractivity contribution in [1.82, 2.24) is 10.2 Å². The molecule has 1 saturated carbocycles. The van der Waals surface area contributed by atoms with Gasteiger partial charge in [-0.2, -0.15) is 0 Å². The molecule has 1 N–H and O–H groups in total. The molecule has 2 atom stereocenters. The molecular weight excluding hydrogens is 360 g/mol. The highest BCUT2D eigenvalue weighted by molar-refractivity contribution is 7.10. The number of carbonyl (C=O) groups excluding carboxylic acids is 2. The standard InChI is InChI=1S/C21H28N2O3S/c1-2-18(24)22-17-5-3-4-16(14-17)20(25)23-10-8-21(9-11-23)19-15(6-12-26-21)7-13-27-19/h2,7,13,16-17H,1,3-6,8-12,14H2,(H,22,24)/t16-,17+/m1/s1. The van der Waals surface area contributed by atoms with Crippen molar-refractivity contribution < 1.29 is 14.3 Å². The fourth-order valence-electron chi connectivity index (χ4n) is 4.88. The zero-order chi connectivity index (χ0) is 18.9. The van der Waals surface area contributed by atoms with E-state index in [0.29, 0.717) is 0 Å². The number of thiophene rings is 1. The predicted molar refractivity (Wildman–Crippen MR) is 106 cm³/mol. The molecular formula is C21H28N2O3S. The van der Waals surface area contributed by atoms with Gasteiger partial charge in [0.15, 0.2) is 0 Å². The van der Waals surface area contributed by atoms with E-state index in [-0.39, 0.29) is 29.4 Å². The molecule has 5 nitrogen and oxygen atoms in total. The minimum Gasteiger partial charge on any atom is -0.369 e. The first-order chi connectivity index (χ1) is 13.1. The molecule has 0 unspecified atom stereocenters. The average Bonchev–Trinajstić information content (AvgIpc) is 3.19. The van der Waals surface area contributed by atoms with Crippen molar-refractivity contribution in [3.8, 4) is 0 Å². The van der Waals surface area contributed by atoms with Gasteiger partial charge in [0.2, 0.25) is 11.8 Å². The first-order valence-electron chi connectivity index (χ1n) is 10.0. The van der Waals surface area contributed by atoms with Crippen LogP contribution in [-0.4, -0.2) is 42.5 Å². The third-order valence-electron chi connectivity index (χ3n) is 6.35. The Kier molecular flexibility index (Phi) is 5.37.